The lowest BCUT2D eigenvalue weighted by Gasteiger charge is -2.08. The van der Waals surface area contributed by atoms with Gasteiger partial charge in [-0.3, -0.25) is 0 Å². The molecule has 0 bridgehead atoms. The average molecular weight is 252 g/mol. The molecule has 1 rings (SSSR count). The van der Waals surface area contributed by atoms with Gasteiger partial charge in [-0.25, -0.2) is 8.42 Å². The van der Waals surface area contributed by atoms with E-state index in [2.05, 4.69) is 13.5 Å². The van der Waals surface area contributed by atoms with Crippen molar-refractivity contribution in [1.82, 2.24) is 0 Å². The van der Waals surface area contributed by atoms with Gasteiger partial charge in [0.2, 0.25) is 0 Å². The maximum atomic E-state index is 11.9. The smallest absolute Gasteiger partial charge is 0.178 e. The summed E-state index contributed by atoms with van der Waals surface area (Å²) < 4.78 is 23.8. The molecule has 3 heteroatoms. The van der Waals surface area contributed by atoms with E-state index >= 15 is 0 Å². The van der Waals surface area contributed by atoms with Crippen LogP contribution in [0.15, 0.2) is 41.8 Å². The van der Waals surface area contributed by atoms with E-state index in [1.165, 1.54) is 0 Å². The van der Waals surface area contributed by atoms with E-state index in [0.29, 0.717) is 17.2 Å². The standard InChI is InChI=1S/C14H20O2S/c1-4-9-17(15,16)14-8-6-7-13(11-14)10-12(3)5-2/h5-8,11-12H,2,4,9-10H2,1,3H3. The van der Waals surface area contributed by atoms with Crippen molar-refractivity contribution >= 4 is 9.84 Å². The van der Waals surface area contributed by atoms with Gasteiger partial charge in [0, 0.05) is 0 Å². The zero-order valence-corrected chi connectivity index (χ0v) is 11.3. The number of hydrogen-bond donors (Lipinski definition) is 0. The minimum atomic E-state index is -3.10. The van der Waals surface area contributed by atoms with Gasteiger partial charge in [-0.1, -0.05) is 32.1 Å². The Bertz CT molecular complexity index is 475. The number of allylic oxidation sites excluding steroid dienone is 1. The van der Waals surface area contributed by atoms with Crippen molar-refractivity contribution in [3.05, 3.63) is 42.5 Å². The molecule has 0 aliphatic rings. The Morgan fingerprint density at radius 3 is 2.71 bits per heavy atom. The first-order valence-electron chi connectivity index (χ1n) is 5.94. The number of sulfone groups is 1. The van der Waals surface area contributed by atoms with E-state index in [4.69, 9.17) is 0 Å². The van der Waals surface area contributed by atoms with E-state index in [1.807, 2.05) is 25.1 Å². The van der Waals surface area contributed by atoms with Gasteiger partial charge in [-0.2, -0.15) is 0 Å². The van der Waals surface area contributed by atoms with E-state index in [0.717, 1.165) is 12.0 Å². The molecule has 17 heavy (non-hydrogen) atoms. The number of hydrogen-bond acceptors (Lipinski definition) is 2. The normalized spacial score (nSPS) is 13.3. The van der Waals surface area contributed by atoms with Crippen molar-refractivity contribution in [3.63, 3.8) is 0 Å². The zero-order chi connectivity index (χ0) is 12.9. The van der Waals surface area contributed by atoms with Crippen molar-refractivity contribution in [2.45, 2.75) is 31.6 Å². The molecule has 0 radical (unpaired) electrons. The van der Waals surface area contributed by atoms with Crippen LogP contribution in [0.4, 0.5) is 0 Å². The molecule has 2 nitrogen and oxygen atoms in total. The zero-order valence-electron chi connectivity index (χ0n) is 10.5. The summed E-state index contributed by atoms with van der Waals surface area (Å²) in [5.41, 5.74) is 1.05. The summed E-state index contributed by atoms with van der Waals surface area (Å²) in [4.78, 5) is 0.438. The fraction of sp³-hybridized carbons (Fsp3) is 0.429. The molecule has 0 amide bonds. The van der Waals surface area contributed by atoms with Crippen LogP contribution in [0.3, 0.4) is 0 Å². The second kappa shape index (κ2) is 6.01. The number of benzene rings is 1. The van der Waals surface area contributed by atoms with Gasteiger partial charge in [0.1, 0.15) is 0 Å². The Balaban J connectivity index is 2.97. The molecule has 0 spiro atoms. The highest BCUT2D eigenvalue weighted by Gasteiger charge is 2.13. The topological polar surface area (TPSA) is 34.1 Å². The first-order chi connectivity index (χ1) is 7.99. The molecule has 94 valence electrons. The van der Waals surface area contributed by atoms with Crippen molar-refractivity contribution in [1.29, 1.82) is 0 Å². The van der Waals surface area contributed by atoms with Crippen LogP contribution in [-0.2, 0) is 16.3 Å². The molecule has 0 heterocycles. The minimum Gasteiger partial charge on any atom is -0.224 e. The van der Waals surface area contributed by atoms with Gasteiger partial charge < -0.3 is 0 Å². The van der Waals surface area contributed by atoms with Crippen LogP contribution in [0.5, 0.6) is 0 Å². The third-order valence-corrected chi connectivity index (χ3v) is 4.61. The van der Waals surface area contributed by atoms with E-state index in [9.17, 15) is 8.42 Å². The summed E-state index contributed by atoms with van der Waals surface area (Å²) in [5.74, 6) is 0.576. The van der Waals surface area contributed by atoms with Crippen LogP contribution >= 0.6 is 0 Å². The summed E-state index contributed by atoms with van der Waals surface area (Å²) in [7, 11) is -3.10. The van der Waals surface area contributed by atoms with Crippen LogP contribution in [0, 0.1) is 5.92 Å². The fourth-order valence-electron chi connectivity index (χ4n) is 1.71. The molecule has 1 unspecified atom stereocenters. The Hall–Kier alpha value is -1.09. The SMILES string of the molecule is C=CC(C)Cc1cccc(S(=O)(=O)CCC)c1. The first-order valence-corrected chi connectivity index (χ1v) is 7.59. The fourth-order valence-corrected chi connectivity index (χ4v) is 3.10. The van der Waals surface area contributed by atoms with E-state index in [-0.39, 0.29) is 5.75 Å². The van der Waals surface area contributed by atoms with Crippen LogP contribution in [-0.4, -0.2) is 14.2 Å². The Morgan fingerprint density at radius 2 is 2.12 bits per heavy atom. The molecule has 0 N–H and O–H groups in total. The first kappa shape index (κ1) is 14.0. The van der Waals surface area contributed by atoms with E-state index < -0.39 is 9.84 Å². The van der Waals surface area contributed by atoms with Gasteiger partial charge in [0.05, 0.1) is 10.6 Å². The lowest BCUT2D eigenvalue weighted by Crippen LogP contribution is -2.06. The van der Waals surface area contributed by atoms with Gasteiger partial charge in [0.25, 0.3) is 0 Å². The molecule has 0 aromatic heterocycles. The monoisotopic (exact) mass is 252 g/mol. The summed E-state index contributed by atoms with van der Waals surface area (Å²) in [6.07, 6.45) is 3.36. The predicted molar refractivity (Wildman–Crippen MR) is 71.9 cm³/mol. The van der Waals surface area contributed by atoms with Crippen molar-refractivity contribution in [2.75, 3.05) is 5.75 Å². The lowest BCUT2D eigenvalue weighted by atomic mass is 10.0. The third kappa shape index (κ3) is 4.00. The summed E-state index contributed by atoms with van der Waals surface area (Å²) in [5, 5.41) is 0. The van der Waals surface area contributed by atoms with Crippen molar-refractivity contribution in [2.24, 2.45) is 5.92 Å². The Labute approximate surface area is 104 Å². The molecule has 1 aromatic rings. The molecule has 0 fully saturated rings. The maximum Gasteiger partial charge on any atom is 0.178 e. The quantitative estimate of drug-likeness (QED) is 0.728. The summed E-state index contributed by atoms with van der Waals surface area (Å²) >= 11 is 0. The Kier molecular flexibility index (Phi) is 4.94. The van der Waals surface area contributed by atoms with Crippen LogP contribution < -0.4 is 0 Å². The van der Waals surface area contributed by atoms with Crippen LogP contribution in [0.25, 0.3) is 0 Å². The highest BCUT2D eigenvalue weighted by molar-refractivity contribution is 7.91. The molecule has 0 saturated carbocycles. The number of rotatable bonds is 6. The summed E-state index contributed by atoms with van der Waals surface area (Å²) in [6, 6.07) is 7.23. The van der Waals surface area contributed by atoms with Crippen molar-refractivity contribution < 1.29 is 8.42 Å². The van der Waals surface area contributed by atoms with Gasteiger partial charge in [-0.15, -0.1) is 6.58 Å². The van der Waals surface area contributed by atoms with Crippen LogP contribution in [0.1, 0.15) is 25.8 Å². The minimum absolute atomic E-state index is 0.216. The largest absolute Gasteiger partial charge is 0.224 e. The second-order valence-corrected chi connectivity index (χ2v) is 6.49. The molecule has 0 saturated heterocycles. The summed E-state index contributed by atoms with van der Waals surface area (Å²) in [6.45, 7) is 7.68. The molecular formula is C14H20O2S. The maximum absolute atomic E-state index is 11.9. The van der Waals surface area contributed by atoms with Crippen molar-refractivity contribution in [3.8, 4) is 0 Å². The van der Waals surface area contributed by atoms with Gasteiger partial charge in [0.15, 0.2) is 9.84 Å². The Morgan fingerprint density at radius 1 is 1.41 bits per heavy atom. The van der Waals surface area contributed by atoms with E-state index in [1.54, 1.807) is 12.1 Å². The molecule has 0 aliphatic carbocycles. The predicted octanol–water partition coefficient (Wildman–Crippen LogP) is 3.23. The van der Waals surface area contributed by atoms with Gasteiger partial charge in [-0.05, 0) is 36.5 Å². The van der Waals surface area contributed by atoms with Gasteiger partial charge >= 0.3 is 0 Å². The highest BCUT2D eigenvalue weighted by Crippen LogP contribution is 2.17. The highest BCUT2D eigenvalue weighted by atomic mass is 32.2. The third-order valence-electron chi connectivity index (χ3n) is 2.69. The molecule has 1 aromatic carbocycles. The lowest BCUT2D eigenvalue weighted by molar-refractivity contribution is 0.594. The molecule has 0 aliphatic heterocycles. The molecular weight excluding hydrogens is 232 g/mol. The van der Waals surface area contributed by atoms with Crippen LogP contribution in [0.2, 0.25) is 0 Å². The molecule has 1 atom stereocenters. The second-order valence-electron chi connectivity index (χ2n) is 4.38. The average Bonchev–Trinajstić information content (AvgIpc) is 2.29.